The van der Waals surface area contributed by atoms with Crippen molar-refractivity contribution in [3.8, 4) is 11.6 Å². The van der Waals surface area contributed by atoms with E-state index in [2.05, 4.69) is 4.98 Å². The molecule has 2 aromatic rings. The summed E-state index contributed by atoms with van der Waals surface area (Å²) < 4.78 is 31.1. The highest BCUT2D eigenvalue weighted by atomic mass is 19.1. The van der Waals surface area contributed by atoms with Gasteiger partial charge in [-0.2, -0.15) is 0 Å². The van der Waals surface area contributed by atoms with Crippen LogP contribution < -0.4 is 4.74 Å². The Morgan fingerprint density at radius 2 is 1.88 bits per heavy atom. The van der Waals surface area contributed by atoms with Gasteiger partial charge in [0.1, 0.15) is 11.6 Å². The van der Waals surface area contributed by atoms with E-state index < -0.39 is 11.6 Å². The fourth-order valence-corrected chi connectivity index (χ4v) is 1.19. The molecule has 1 heterocycles. The first-order chi connectivity index (χ1) is 8.19. The first-order valence-electron chi connectivity index (χ1n) is 4.73. The number of halogens is 2. The molecule has 0 spiro atoms. The standard InChI is InChI=1S/C12H7F2NO2/c13-9-1-3-10(4-2-9)17-12-11(14)5-8(7-16)6-15-12/h1-7H. The lowest BCUT2D eigenvalue weighted by atomic mass is 10.3. The number of carbonyl (C=O) groups excluding carboxylic acids is 1. The number of rotatable bonds is 3. The van der Waals surface area contributed by atoms with Crippen molar-refractivity contribution in [3.63, 3.8) is 0 Å². The predicted octanol–water partition coefficient (Wildman–Crippen LogP) is 2.96. The van der Waals surface area contributed by atoms with E-state index >= 15 is 0 Å². The maximum Gasteiger partial charge on any atom is 0.255 e. The van der Waals surface area contributed by atoms with Crippen molar-refractivity contribution >= 4 is 6.29 Å². The molecule has 2 rings (SSSR count). The molecule has 0 radical (unpaired) electrons. The number of hydrogen-bond acceptors (Lipinski definition) is 3. The van der Waals surface area contributed by atoms with Crippen molar-refractivity contribution in [2.75, 3.05) is 0 Å². The molecule has 1 aromatic heterocycles. The summed E-state index contributed by atoms with van der Waals surface area (Å²) >= 11 is 0. The minimum Gasteiger partial charge on any atom is -0.436 e. The second kappa shape index (κ2) is 4.69. The first kappa shape index (κ1) is 11.2. The monoisotopic (exact) mass is 235 g/mol. The number of carbonyl (C=O) groups is 1. The SMILES string of the molecule is O=Cc1cnc(Oc2ccc(F)cc2)c(F)c1. The highest BCUT2D eigenvalue weighted by Gasteiger charge is 2.07. The minimum atomic E-state index is -0.751. The Labute approximate surface area is 95.7 Å². The molecule has 5 heteroatoms. The van der Waals surface area contributed by atoms with Crippen molar-refractivity contribution < 1.29 is 18.3 Å². The number of aldehydes is 1. The normalized spacial score (nSPS) is 10.0. The highest BCUT2D eigenvalue weighted by Crippen LogP contribution is 2.22. The summed E-state index contributed by atoms with van der Waals surface area (Å²) in [6.45, 7) is 0. The van der Waals surface area contributed by atoms with Gasteiger partial charge in [-0.15, -0.1) is 0 Å². The van der Waals surface area contributed by atoms with Crippen LogP contribution in [0.25, 0.3) is 0 Å². The zero-order chi connectivity index (χ0) is 12.3. The van der Waals surface area contributed by atoms with Crippen LogP contribution in [-0.4, -0.2) is 11.3 Å². The number of ether oxygens (including phenoxy) is 1. The summed E-state index contributed by atoms with van der Waals surface area (Å²) in [6, 6.07) is 6.09. The van der Waals surface area contributed by atoms with Crippen LogP contribution in [0.2, 0.25) is 0 Å². The van der Waals surface area contributed by atoms with E-state index in [0.717, 1.165) is 6.07 Å². The van der Waals surface area contributed by atoms with E-state index in [1.807, 2.05) is 0 Å². The first-order valence-corrected chi connectivity index (χ1v) is 4.73. The molecule has 0 unspecified atom stereocenters. The summed E-state index contributed by atoms with van der Waals surface area (Å²) in [5, 5.41) is 0. The lowest BCUT2D eigenvalue weighted by molar-refractivity contribution is 0.112. The number of pyridine rings is 1. The number of hydrogen-bond donors (Lipinski definition) is 0. The van der Waals surface area contributed by atoms with Crippen LogP contribution in [0.4, 0.5) is 8.78 Å². The smallest absolute Gasteiger partial charge is 0.255 e. The van der Waals surface area contributed by atoms with Crippen LogP contribution in [0.3, 0.4) is 0 Å². The fourth-order valence-electron chi connectivity index (χ4n) is 1.19. The third-order valence-electron chi connectivity index (χ3n) is 1.99. The van der Waals surface area contributed by atoms with Crippen LogP contribution in [0.15, 0.2) is 36.5 Å². The van der Waals surface area contributed by atoms with Crippen LogP contribution in [0.1, 0.15) is 10.4 Å². The predicted molar refractivity (Wildman–Crippen MR) is 56.1 cm³/mol. The van der Waals surface area contributed by atoms with E-state index in [1.54, 1.807) is 0 Å². The van der Waals surface area contributed by atoms with Crippen molar-refractivity contribution in [2.24, 2.45) is 0 Å². The van der Waals surface area contributed by atoms with Crippen LogP contribution in [0.5, 0.6) is 11.6 Å². The maximum atomic E-state index is 13.4. The second-order valence-corrected chi connectivity index (χ2v) is 3.23. The van der Waals surface area contributed by atoms with Crippen molar-refractivity contribution in [1.82, 2.24) is 4.98 Å². The van der Waals surface area contributed by atoms with Gasteiger partial charge in [0.25, 0.3) is 5.88 Å². The third kappa shape index (κ3) is 2.63. The van der Waals surface area contributed by atoms with Gasteiger partial charge >= 0.3 is 0 Å². The Hall–Kier alpha value is -2.30. The molecule has 0 aliphatic rings. The summed E-state index contributed by atoms with van der Waals surface area (Å²) in [6.07, 6.45) is 1.67. The summed E-state index contributed by atoms with van der Waals surface area (Å²) in [5.41, 5.74) is 0.119. The molecule has 0 fully saturated rings. The molecule has 0 aliphatic heterocycles. The maximum absolute atomic E-state index is 13.4. The highest BCUT2D eigenvalue weighted by molar-refractivity contribution is 5.74. The van der Waals surface area contributed by atoms with E-state index in [9.17, 15) is 13.6 Å². The van der Waals surface area contributed by atoms with E-state index in [-0.39, 0.29) is 17.2 Å². The lowest BCUT2D eigenvalue weighted by Crippen LogP contribution is -1.94. The summed E-state index contributed by atoms with van der Waals surface area (Å²) in [5.74, 6) is -1.17. The molecule has 3 nitrogen and oxygen atoms in total. The van der Waals surface area contributed by atoms with Crippen LogP contribution >= 0.6 is 0 Å². The molecule has 0 saturated carbocycles. The quantitative estimate of drug-likeness (QED) is 0.768. The number of benzene rings is 1. The third-order valence-corrected chi connectivity index (χ3v) is 1.99. The topological polar surface area (TPSA) is 39.2 Å². The summed E-state index contributed by atoms with van der Waals surface area (Å²) in [4.78, 5) is 14.0. The van der Waals surface area contributed by atoms with Crippen molar-refractivity contribution in [3.05, 3.63) is 53.7 Å². The average molecular weight is 235 g/mol. The molecule has 0 bridgehead atoms. The molecule has 0 saturated heterocycles. The van der Waals surface area contributed by atoms with Gasteiger partial charge < -0.3 is 4.74 Å². The van der Waals surface area contributed by atoms with E-state index in [1.165, 1.54) is 30.5 Å². The van der Waals surface area contributed by atoms with Gasteiger partial charge in [-0.25, -0.2) is 13.8 Å². The Balaban J connectivity index is 2.24. The van der Waals surface area contributed by atoms with Gasteiger partial charge in [-0.05, 0) is 30.3 Å². The molecule has 0 atom stereocenters. The number of nitrogens with zero attached hydrogens (tertiary/aromatic N) is 1. The molecular weight excluding hydrogens is 228 g/mol. The van der Waals surface area contributed by atoms with Crippen LogP contribution in [-0.2, 0) is 0 Å². The van der Waals surface area contributed by atoms with Crippen LogP contribution in [0, 0.1) is 11.6 Å². The molecule has 0 amide bonds. The molecule has 17 heavy (non-hydrogen) atoms. The molecular formula is C12H7F2NO2. The fraction of sp³-hybridized carbons (Fsp3) is 0. The van der Waals surface area contributed by atoms with Crippen molar-refractivity contribution in [1.29, 1.82) is 0 Å². The molecule has 0 N–H and O–H groups in total. The minimum absolute atomic E-state index is 0.119. The Morgan fingerprint density at radius 3 is 2.47 bits per heavy atom. The zero-order valence-corrected chi connectivity index (χ0v) is 8.56. The van der Waals surface area contributed by atoms with E-state index in [4.69, 9.17) is 4.74 Å². The Kier molecular flexibility index (Phi) is 3.09. The zero-order valence-electron chi connectivity index (χ0n) is 8.56. The van der Waals surface area contributed by atoms with Gasteiger partial charge in [0, 0.05) is 11.8 Å². The lowest BCUT2D eigenvalue weighted by Gasteiger charge is -2.05. The van der Waals surface area contributed by atoms with Gasteiger partial charge in [-0.3, -0.25) is 4.79 Å². The van der Waals surface area contributed by atoms with E-state index in [0.29, 0.717) is 6.29 Å². The summed E-state index contributed by atoms with van der Waals surface area (Å²) in [7, 11) is 0. The molecule has 1 aromatic carbocycles. The van der Waals surface area contributed by atoms with Gasteiger partial charge in [0.2, 0.25) is 0 Å². The average Bonchev–Trinajstić information content (AvgIpc) is 2.34. The number of aromatic nitrogens is 1. The Bertz CT molecular complexity index is 541. The largest absolute Gasteiger partial charge is 0.436 e. The van der Waals surface area contributed by atoms with Gasteiger partial charge in [-0.1, -0.05) is 0 Å². The van der Waals surface area contributed by atoms with Gasteiger partial charge in [0.05, 0.1) is 0 Å². The second-order valence-electron chi connectivity index (χ2n) is 3.23. The van der Waals surface area contributed by atoms with Gasteiger partial charge in [0.15, 0.2) is 12.1 Å². The van der Waals surface area contributed by atoms with Crippen molar-refractivity contribution in [2.45, 2.75) is 0 Å². The molecule has 0 aliphatic carbocycles. The Morgan fingerprint density at radius 1 is 1.18 bits per heavy atom. The molecule has 86 valence electrons.